The Morgan fingerprint density at radius 3 is 1.64 bits per heavy atom. The molecule has 1 aliphatic rings. The Kier molecular flexibility index (Phi) is 8.58. The van der Waals surface area contributed by atoms with Gasteiger partial charge in [-0.15, -0.1) is 0 Å². The first-order chi connectivity index (χ1) is 12.8. The van der Waals surface area contributed by atoms with Crippen LogP contribution in [0, 0.1) is 0 Å². The van der Waals surface area contributed by atoms with Crippen LogP contribution >= 0.6 is 0 Å². The maximum Gasteiger partial charge on any atom is 0.303 e. The molecule has 0 spiro atoms. The van der Waals surface area contributed by atoms with Gasteiger partial charge in [-0.1, -0.05) is 0 Å². The van der Waals surface area contributed by atoms with Gasteiger partial charge in [-0.25, -0.2) is 0 Å². The van der Waals surface area contributed by atoms with E-state index in [-0.39, 0.29) is 6.61 Å². The highest BCUT2D eigenvalue weighted by Crippen LogP contribution is 2.31. The van der Waals surface area contributed by atoms with Gasteiger partial charge in [-0.05, 0) is 19.6 Å². The van der Waals surface area contributed by atoms with Gasteiger partial charge in [-0.2, -0.15) is 0 Å². The Morgan fingerprint density at radius 2 is 1.21 bits per heavy atom. The minimum atomic E-state index is -2.21. The van der Waals surface area contributed by atoms with E-state index in [0.29, 0.717) is 0 Å². The van der Waals surface area contributed by atoms with Crippen molar-refractivity contribution in [3.63, 3.8) is 0 Å². The molecule has 0 amide bonds. The molecule has 0 aromatic rings. The average molecular weight is 420 g/mol. The number of carbonyl (C=O) groups is 4. The van der Waals surface area contributed by atoms with Crippen LogP contribution in [-0.2, 0) is 47.3 Å². The maximum absolute atomic E-state index is 11.7. The van der Waals surface area contributed by atoms with Crippen molar-refractivity contribution in [2.75, 3.05) is 6.61 Å². The van der Waals surface area contributed by atoms with Gasteiger partial charge in [0.25, 0.3) is 0 Å². The van der Waals surface area contributed by atoms with Crippen molar-refractivity contribution in [3.8, 4) is 0 Å². The third-order valence-corrected chi connectivity index (χ3v) is 4.36. The molecule has 160 valence electrons. The number of hydrogen-bond acceptors (Lipinski definition) is 10. The summed E-state index contributed by atoms with van der Waals surface area (Å²) < 4.78 is 32.7. The van der Waals surface area contributed by atoms with Gasteiger partial charge in [0, 0.05) is 27.7 Å². The Balaban J connectivity index is 3.33. The Bertz CT molecular complexity index is 599. The SMILES string of the molecule is CC(=O)OC[C@H]1O[C@H](O[Si](C)(C)C)[C@H](OC(C)=O)[C@@H](OC(C)=O)[C@H]1OC(C)=O. The van der Waals surface area contributed by atoms with Crippen molar-refractivity contribution in [2.45, 2.75) is 78.0 Å². The van der Waals surface area contributed by atoms with Crippen LogP contribution in [0.3, 0.4) is 0 Å². The van der Waals surface area contributed by atoms with Crippen LogP contribution in [0.2, 0.25) is 19.6 Å². The molecule has 0 bridgehead atoms. The van der Waals surface area contributed by atoms with E-state index >= 15 is 0 Å². The average Bonchev–Trinajstić information content (AvgIpc) is 2.48. The summed E-state index contributed by atoms with van der Waals surface area (Å²) in [5, 5.41) is 0. The second-order valence-electron chi connectivity index (χ2n) is 7.30. The summed E-state index contributed by atoms with van der Waals surface area (Å²) in [5.74, 6) is -2.59. The molecule has 11 heteroatoms. The van der Waals surface area contributed by atoms with Crippen molar-refractivity contribution in [2.24, 2.45) is 0 Å². The molecule has 1 rings (SSSR count). The van der Waals surface area contributed by atoms with Gasteiger partial charge in [0.2, 0.25) is 0 Å². The minimum absolute atomic E-state index is 0.274. The molecule has 0 radical (unpaired) electrons. The molecule has 0 aromatic carbocycles. The van der Waals surface area contributed by atoms with Gasteiger partial charge in [0.15, 0.2) is 32.9 Å². The lowest BCUT2D eigenvalue weighted by Gasteiger charge is -2.45. The smallest absolute Gasteiger partial charge is 0.303 e. The molecule has 1 fully saturated rings. The van der Waals surface area contributed by atoms with E-state index in [0.717, 1.165) is 0 Å². The van der Waals surface area contributed by atoms with Gasteiger partial charge in [0.1, 0.15) is 12.7 Å². The van der Waals surface area contributed by atoms with Crippen molar-refractivity contribution in [1.82, 2.24) is 0 Å². The van der Waals surface area contributed by atoms with Crippen molar-refractivity contribution < 1.29 is 47.3 Å². The normalized spacial score (nSPS) is 27.5. The Hall–Kier alpha value is -1.98. The number of carbonyl (C=O) groups excluding carboxylic acids is 4. The highest BCUT2D eigenvalue weighted by molar-refractivity contribution is 6.69. The van der Waals surface area contributed by atoms with E-state index in [2.05, 4.69) is 0 Å². The summed E-state index contributed by atoms with van der Waals surface area (Å²) in [5.41, 5.74) is 0. The fourth-order valence-corrected chi connectivity index (χ4v) is 3.52. The van der Waals surface area contributed by atoms with E-state index in [9.17, 15) is 19.2 Å². The zero-order chi connectivity index (χ0) is 21.6. The highest BCUT2D eigenvalue weighted by atomic mass is 28.4. The monoisotopic (exact) mass is 420 g/mol. The van der Waals surface area contributed by atoms with Crippen LogP contribution < -0.4 is 0 Å². The predicted octanol–water partition coefficient (Wildman–Crippen LogP) is 0.921. The molecule has 1 saturated heterocycles. The van der Waals surface area contributed by atoms with Gasteiger partial charge < -0.3 is 28.1 Å². The lowest BCUT2D eigenvalue weighted by Crippen LogP contribution is -2.64. The fourth-order valence-electron chi connectivity index (χ4n) is 2.63. The van der Waals surface area contributed by atoms with E-state index in [1.165, 1.54) is 27.7 Å². The number of hydrogen-bond donors (Lipinski definition) is 0. The number of ether oxygens (including phenoxy) is 5. The molecular formula is C17H28O10Si. The van der Waals surface area contributed by atoms with Crippen LogP contribution in [0.15, 0.2) is 0 Å². The third-order valence-electron chi connectivity index (χ3n) is 3.42. The van der Waals surface area contributed by atoms with Crippen LogP contribution in [0.25, 0.3) is 0 Å². The van der Waals surface area contributed by atoms with Crippen molar-refractivity contribution >= 4 is 32.2 Å². The highest BCUT2D eigenvalue weighted by Gasteiger charge is 2.53. The number of esters is 4. The van der Waals surface area contributed by atoms with Gasteiger partial charge >= 0.3 is 23.9 Å². The lowest BCUT2D eigenvalue weighted by atomic mass is 9.98. The zero-order valence-electron chi connectivity index (χ0n) is 17.2. The zero-order valence-corrected chi connectivity index (χ0v) is 18.2. The minimum Gasteiger partial charge on any atom is -0.463 e. The topological polar surface area (TPSA) is 124 Å². The van der Waals surface area contributed by atoms with Gasteiger partial charge in [-0.3, -0.25) is 19.2 Å². The lowest BCUT2D eigenvalue weighted by molar-refractivity contribution is -0.290. The molecule has 0 unspecified atom stereocenters. The summed E-state index contributed by atoms with van der Waals surface area (Å²) in [7, 11) is -2.21. The first-order valence-corrected chi connectivity index (χ1v) is 12.2. The van der Waals surface area contributed by atoms with Crippen LogP contribution in [0.1, 0.15) is 27.7 Å². The third kappa shape index (κ3) is 7.95. The van der Waals surface area contributed by atoms with E-state index in [1.807, 2.05) is 19.6 Å². The molecule has 28 heavy (non-hydrogen) atoms. The maximum atomic E-state index is 11.7. The second kappa shape index (κ2) is 9.98. The summed E-state index contributed by atoms with van der Waals surface area (Å²) >= 11 is 0. The Labute approximate surface area is 164 Å². The second-order valence-corrected chi connectivity index (χ2v) is 11.8. The van der Waals surface area contributed by atoms with Crippen LogP contribution in [0.5, 0.6) is 0 Å². The first kappa shape index (κ1) is 24.1. The molecule has 1 heterocycles. The van der Waals surface area contributed by atoms with E-state index in [4.69, 9.17) is 28.1 Å². The summed E-state index contributed by atoms with van der Waals surface area (Å²) in [6.07, 6.45) is -5.66. The largest absolute Gasteiger partial charge is 0.463 e. The van der Waals surface area contributed by atoms with Gasteiger partial charge in [0.05, 0.1) is 0 Å². The molecule has 0 N–H and O–H groups in total. The standard InChI is InChI=1S/C17H28O10Si/c1-9(18)22-8-13-14(23-10(2)19)15(24-11(3)20)16(25-12(4)21)17(26-13)27-28(5,6)7/h13-17H,8H2,1-7H3/t13-,14+,15+,16-,17-/m1/s1. The molecule has 1 aliphatic heterocycles. The first-order valence-electron chi connectivity index (χ1n) is 8.78. The van der Waals surface area contributed by atoms with Crippen LogP contribution in [0.4, 0.5) is 0 Å². The van der Waals surface area contributed by atoms with E-state index < -0.39 is 62.9 Å². The predicted molar refractivity (Wildman–Crippen MR) is 96.4 cm³/mol. The molecule has 0 saturated carbocycles. The van der Waals surface area contributed by atoms with Crippen molar-refractivity contribution in [3.05, 3.63) is 0 Å². The number of rotatable bonds is 7. The molecule has 0 aliphatic carbocycles. The molecule has 10 nitrogen and oxygen atoms in total. The molecule has 5 atom stereocenters. The van der Waals surface area contributed by atoms with E-state index in [1.54, 1.807) is 0 Å². The summed E-state index contributed by atoms with van der Waals surface area (Å²) in [6.45, 7) is 10.1. The fraction of sp³-hybridized carbons (Fsp3) is 0.765. The summed E-state index contributed by atoms with van der Waals surface area (Å²) in [6, 6.07) is 0. The Morgan fingerprint density at radius 1 is 0.750 bits per heavy atom. The van der Waals surface area contributed by atoms with Crippen molar-refractivity contribution in [1.29, 1.82) is 0 Å². The quantitative estimate of drug-likeness (QED) is 0.333. The molecule has 0 aromatic heterocycles. The molecular weight excluding hydrogens is 392 g/mol. The van der Waals surface area contributed by atoms with Crippen LogP contribution in [-0.4, -0.2) is 69.5 Å². The summed E-state index contributed by atoms with van der Waals surface area (Å²) in [4.78, 5) is 46.2.